The fourth-order valence-electron chi connectivity index (χ4n) is 2.20. The van der Waals surface area contributed by atoms with Crippen LogP contribution in [0.5, 0.6) is 0 Å². The van der Waals surface area contributed by atoms with Crippen LogP contribution in [-0.4, -0.2) is 16.9 Å². The standard InChI is InChI=1S/C14H17Cl2NOS/c1-9-6-7-11(15)14(13(9)16)17-12(18)8-19-10-4-2-3-5-10/h6-7,10H,2-5,8H2,1H3,(H,17,18). The molecule has 1 aromatic rings. The van der Waals surface area contributed by atoms with Gasteiger partial charge in [-0.15, -0.1) is 11.8 Å². The van der Waals surface area contributed by atoms with E-state index in [1.54, 1.807) is 17.8 Å². The predicted molar refractivity (Wildman–Crippen MR) is 84.5 cm³/mol. The molecular formula is C14H17Cl2NOS. The maximum atomic E-state index is 11.9. The zero-order valence-corrected chi connectivity index (χ0v) is 13.2. The van der Waals surface area contributed by atoms with Crippen molar-refractivity contribution in [1.82, 2.24) is 0 Å². The van der Waals surface area contributed by atoms with E-state index >= 15 is 0 Å². The van der Waals surface area contributed by atoms with Crippen molar-refractivity contribution in [2.45, 2.75) is 37.9 Å². The van der Waals surface area contributed by atoms with E-state index in [-0.39, 0.29) is 5.91 Å². The van der Waals surface area contributed by atoms with E-state index in [1.165, 1.54) is 25.7 Å². The van der Waals surface area contributed by atoms with Crippen molar-refractivity contribution in [3.63, 3.8) is 0 Å². The van der Waals surface area contributed by atoms with Gasteiger partial charge in [0.25, 0.3) is 0 Å². The quantitative estimate of drug-likeness (QED) is 0.854. The van der Waals surface area contributed by atoms with Gasteiger partial charge >= 0.3 is 0 Å². The highest BCUT2D eigenvalue weighted by Gasteiger charge is 2.17. The van der Waals surface area contributed by atoms with Crippen LogP contribution in [0.15, 0.2) is 12.1 Å². The molecule has 0 spiro atoms. The van der Waals surface area contributed by atoms with Gasteiger partial charge < -0.3 is 5.32 Å². The molecule has 0 atom stereocenters. The van der Waals surface area contributed by atoms with Gasteiger partial charge in [-0.3, -0.25) is 4.79 Å². The maximum Gasteiger partial charge on any atom is 0.234 e. The summed E-state index contributed by atoms with van der Waals surface area (Å²) in [6, 6.07) is 3.59. The molecule has 0 bridgehead atoms. The zero-order valence-electron chi connectivity index (χ0n) is 10.8. The van der Waals surface area contributed by atoms with Crippen LogP contribution in [0.1, 0.15) is 31.2 Å². The molecule has 5 heteroatoms. The normalized spacial score (nSPS) is 15.7. The Morgan fingerprint density at radius 2 is 2.05 bits per heavy atom. The van der Waals surface area contributed by atoms with Crippen molar-refractivity contribution in [3.8, 4) is 0 Å². The van der Waals surface area contributed by atoms with Crippen LogP contribution in [0.25, 0.3) is 0 Å². The monoisotopic (exact) mass is 317 g/mol. The van der Waals surface area contributed by atoms with Crippen LogP contribution in [0.3, 0.4) is 0 Å². The third kappa shape index (κ3) is 4.04. The van der Waals surface area contributed by atoms with Gasteiger partial charge in [0.15, 0.2) is 0 Å². The topological polar surface area (TPSA) is 29.1 Å². The van der Waals surface area contributed by atoms with Crippen molar-refractivity contribution < 1.29 is 4.79 Å². The van der Waals surface area contributed by atoms with E-state index in [0.29, 0.717) is 26.7 Å². The summed E-state index contributed by atoms with van der Waals surface area (Å²) in [5.74, 6) is 0.428. The Morgan fingerprint density at radius 1 is 1.37 bits per heavy atom. The van der Waals surface area contributed by atoms with E-state index in [1.807, 2.05) is 13.0 Å². The van der Waals surface area contributed by atoms with Gasteiger partial charge in [0, 0.05) is 5.25 Å². The molecule has 1 aliphatic rings. The van der Waals surface area contributed by atoms with Crippen LogP contribution in [0.2, 0.25) is 10.0 Å². The molecule has 0 radical (unpaired) electrons. The minimum atomic E-state index is -0.0358. The van der Waals surface area contributed by atoms with Crippen LogP contribution in [0, 0.1) is 6.92 Å². The van der Waals surface area contributed by atoms with Crippen molar-refractivity contribution in [2.75, 3.05) is 11.1 Å². The van der Waals surface area contributed by atoms with Gasteiger partial charge in [-0.2, -0.15) is 0 Å². The van der Waals surface area contributed by atoms with Gasteiger partial charge in [0.2, 0.25) is 5.91 Å². The summed E-state index contributed by atoms with van der Waals surface area (Å²) >= 11 is 14.0. The second-order valence-corrected chi connectivity index (χ2v) is 6.89. The molecule has 0 heterocycles. The molecule has 1 aliphatic carbocycles. The first-order valence-electron chi connectivity index (χ1n) is 6.44. The van der Waals surface area contributed by atoms with Gasteiger partial charge in [-0.05, 0) is 31.4 Å². The molecule has 1 amide bonds. The first-order valence-corrected chi connectivity index (χ1v) is 8.24. The number of anilines is 1. The SMILES string of the molecule is Cc1ccc(Cl)c(NC(=O)CSC2CCCC2)c1Cl. The number of hydrogen-bond acceptors (Lipinski definition) is 2. The number of thioether (sulfide) groups is 1. The summed E-state index contributed by atoms with van der Waals surface area (Å²) in [5, 5.41) is 4.45. The Bertz CT molecular complexity index is 473. The number of halogens is 2. The number of carbonyl (C=O) groups excluding carboxylic acids is 1. The lowest BCUT2D eigenvalue weighted by atomic mass is 10.2. The molecule has 104 valence electrons. The average molecular weight is 318 g/mol. The highest BCUT2D eigenvalue weighted by atomic mass is 35.5. The molecule has 2 rings (SSSR count). The Morgan fingerprint density at radius 3 is 2.74 bits per heavy atom. The first kappa shape index (κ1) is 15.0. The summed E-state index contributed by atoms with van der Waals surface area (Å²) in [6.45, 7) is 1.89. The number of rotatable bonds is 4. The number of carbonyl (C=O) groups is 1. The van der Waals surface area contributed by atoms with E-state index in [2.05, 4.69) is 5.32 Å². The fraction of sp³-hybridized carbons (Fsp3) is 0.500. The van der Waals surface area contributed by atoms with Gasteiger partial charge in [-0.1, -0.05) is 42.1 Å². The third-order valence-corrected chi connectivity index (χ3v) is 5.47. The van der Waals surface area contributed by atoms with Crippen LogP contribution in [-0.2, 0) is 4.79 Å². The van der Waals surface area contributed by atoms with E-state index in [4.69, 9.17) is 23.2 Å². The third-order valence-electron chi connectivity index (χ3n) is 3.30. The van der Waals surface area contributed by atoms with Crippen LogP contribution < -0.4 is 5.32 Å². The van der Waals surface area contributed by atoms with Gasteiger partial charge in [0.1, 0.15) is 0 Å². The number of benzene rings is 1. The summed E-state index contributed by atoms with van der Waals surface area (Å²) in [5.41, 5.74) is 1.44. The van der Waals surface area contributed by atoms with Crippen molar-refractivity contribution >= 4 is 46.6 Å². The number of amides is 1. The molecule has 0 saturated heterocycles. The highest BCUT2D eigenvalue weighted by Crippen LogP contribution is 2.33. The van der Waals surface area contributed by atoms with Crippen molar-refractivity contribution in [1.29, 1.82) is 0 Å². The molecule has 1 saturated carbocycles. The second-order valence-electron chi connectivity index (χ2n) is 4.82. The Hall–Kier alpha value is -0.380. The molecule has 0 unspecified atom stereocenters. The lowest BCUT2D eigenvalue weighted by Crippen LogP contribution is -2.16. The number of aryl methyl sites for hydroxylation is 1. The predicted octanol–water partition coefficient (Wildman–Crippen LogP) is 4.92. The summed E-state index contributed by atoms with van der Waals surface area (Å²) < 4.78 is 0. The molecule has 0 aliphatic heterocycles. The molecule has 1 aromatic carbocycles. The zero-order chi connectivity index (χ0) is 13.8. The lowest BCUT2D eigenvalue weighted by Gasteiger charge is -2.12. The Labute approximate surface area is 128 Å². The number of hydrogen-bond donors (Lipinski definition) is 1. The summed E-state index contributed by atoms with van der Waals surface area (Å²) in [6.07, 6.45) is 5.03. The van der Waals surface area contributed by atoms with Gasteiger partial charge in [0.05, 0.1) is 21.5 Å². The second kappa shape index (κ2) is 6.87. The summed E-state index contributed by atoms with van der Waals surface area (Å²) in [4.78, 5) is 11.9. The van der Waals surface area contributed by atoms with E-state index in [9.17, 15) is 4.79 Å². The Kier molecular flexibility index (Phi) is 5.43. The minimum absolute atomic E-state index is 0.0358. The fourth-order valence-corrected chi connectivity index (χ4v) is 3.79. The van der Waals surface area contributed by atoms with Crippen LogP contribution >= 0.6 is 35.0 Å². The highest BCUT2D eigenvalue weighted by molar-refractivity contribution is 8.00. The van der Waals surface area contributed by atoms with Gasteiger partial charge in [-0.25, -0.2) is 0 Å². The molecule has 19 heavy (non-hydrogen) atoms. The molecule has 2 nitrogen and oxygen atoms in total. The molecule has 1 fully saturated rings. The van der Waals surface area contributed by atoms with E-state index in [0.717, 1.165) is 5.56 Å². The lowest BCUT2D eigenvalue weighted by molar-refractivity contribution is -0.113. The van der Waals surface area contributed by atoms with Crippen LogP contribution in [0.4, 0.5) is 5.69 Å². The van der Waals surface area contributed by atoms with Crippen molar-refractivity contribution in [2.24, 2.45) is 0 Å². The molecule has 1 N–H and O–H groups in total. The van der Waals surface area contributed by atoms with Crippen molar-refractivity contribution in [3.05, 3.63) is 27.7 Å². The van der Waals surface area contributed by atoms with E-state index < -0.39 is 0 Å². The maximum absolute atomic E-state index is 11.9. The smallest absolute Gasteiger partial charge is 0.234 e. The number of nitrogens with one attached hydrogen (secondary N) is 1. The minimum Gasteiger partial charge on any atom is -0.323 e. The molecular weight excluding hydrogens is 301 g/mol. The largest absolute Gasteiger partial charge is 0.323 e. The Balaban J connectivity index is 1.93. The first-order chi connectivity index (χ1) is 9.08. The average Bonchev–Trinajstić information content (AvgIpc) is 2.90. The molecule has 0 aromatic heterocycles. The summed E-state index contributed by atoms with van der Waals surface area (Å²) in [7, 11) is 0.